The summed E-state index contributed by atoms with van der Waals surface area (Å²) < 4.78 is 42.9. The summed E-state index contributed by atoms with van der Waals surface area (Å²) in [5, 5.41) is 8.82. The summed E-state index contributed by atoms with van der Waals surface area (Å²) in [6.07, 6.45) is -2.76. The largest absolute Gasteiger partial charge is 0.416 e. The molecule has 2 rings (SSSR count). The Bertz CT molecular complexity index is 556. The Morgan fingerprint density at radius 3 is 2.60 bits per heavy atom. The molecular weight excluding hydrogens is 275 g/mol. The topological polar surface area (TPSA) is 75.9 Å². The van der Waals surface area contributed by atoms with Gasteiger partial charge in [0, 0.05) is 20.0 Å². The first-order valence-electron chi connectivity index (χ1n) is 5.75. The summed E-state index contributed by atoms with van der Waals surface area (Å²) in [6, 6.07) is 1.90. The van der Waals surface area contributed by atoms with E-state index in [1.165, 1.54) is 13.4 Å². The summed E-state index contributed by atoms with van der Waals surface area (Å²) in [6.45, 7) is 0.333. The summed E-state index contributed by atoms with van der Waals surface area (Å²) in [5.41, 5.74) is -0.767. The lowest BCUT2D eigenvalue weighted by Crippen LogP contribution is -2.11. The van der Waals surface area contributed by atoms with Gasteiger partial charge in [0.25, 0.3) is 0 Å². The van der Waals surface area contributed by atoms with Gasteiger partial charge in [0.2, 0.25) is 5.89 Å². The van der Waals surface area contributed by atoms with Gasteiger partial charge in [0.05, 0.1) is 5.56 Å². The molecule has 2 N–H and O–H groups in total. The van der Waals surface area contributed by atoms with Crippen LogP contribution in [0.4, 0.5) is 24.8 Å². The maximum Gasteiger partial charge on any atom is 0.416 e. The minimum Gasteiger partial charge on any atom is -0.373 e. The Labute approximate surface area is 112 Å². The van der Waals surface area contributed by atoms with Crippen LogP contribution < -0.4 is 10.6 Å². The molecule has 6 nitrogen and oxygen atoms in total. The summed E-state index contributed by atoms with van der Waals surface area (Å²) in [7, 11) is 1.50. The smallest absolute Gasteiger partial charge is 0.373 e. The van der Waals surface area contributed by atoms with Crippen LogP contribution in [0.25, 0.3) is 0 Å². The van der Waals surface area contributed by atoms with Gasteiger partial charge in [-0.15, -0.1) is 0 Å². The van der Waals surface area contributed by atoms with E-state index in [9.17, 15) is 13.2 Å². The average molecular weight is 287 g/mol. The number of nitrogens with zero attached hydrogens (tertiary/aromatic N) is 3. The Morgan fingerprint density at radius 1 is 1.25 bits per heavy atom. The quantitative estimate of drug-likeness (QED) is 0.878. The highest BCUT2D eigenvalue weighted by molar-refractivity contribution is 5.49. The van der Waals surface area contributed by atoms with Crippen molar-refractivity contribution in [3.05, 3.63) is 29.9 Å². The highest BCUT2D eigenvalue weighted by atomic mass is 19.4. The molecule has 0 radical (unpaired) electrons. The molecule has 0 aliphatic carbocycles. The van der Waals surface area contributed by atoms with Gasteiger partial charge in [0.15, 0.2) is 6.33 Å². The maximum atomic E-state index is 12.7. The SMILES string of the molecule is CNc1cc(C(F)(F)F)cc(NCCc2ncno2)n1. The predicted molar refractivity (Wildman–Crippen MR) is 65.3 cm³/mol. The van der Waals surface area contributed by atoms with Crippen LogP contribution in [0.3, 0.4) is 0 Å². The van der Waals surface area contributed by atoms with E-state index >= 15 is 0 Å². The van der Waals surface area contributed by atoms with Gasteiger partial charge in [0.1, 0.15) is 11.6 Å². The fourth-order valence-electron chi connectivity index (χ4n) is 1.52. The number of halogens is 3. The molecule has 0 unspecified atom stereocenters. The molecule has 0 aromatic carbocycles. The Hall–Kier alpha value is -2.32. The molecule has 0 fully saturated rings. The van der Waals surface area contributed by atoms with Gasteiger partial charge in [-0.05, 0) is 12.1 Å². The number of aromatic nitrogens is 3. The molecule has 20 heavy (non-hydrogen) atoms. The monoisotopic (exact) mass is 287 g/mol. The van der Waals surface area contributed by atoms with Crippen LogP contribution >= 0.6 is 0 Å². The van der Waals surface area contributed by atoms with Crippen molar-refractivity contribution in [2.24, 2.45) is 0 Å². The van der Waals surface area contributed by atoms with E-state index in [0.717, 1.165) is 12.1 Å². The van der Waals surface area contributed by atoms with Gasteiger partial charge in [-0.3, -0.25) is 0 Å². The van der Waals surface area contributed by atoms with Crippen LogP contribution in [0.2, 0.25) is 0 Å². The zero-order valence-electron chi connectivity index (χ0n) is 10.5. The van der Waals surface area contributed by atoms with Crippen LogP contribution in [0, 0.1) is 0 Å². The number of anilines is 2. The van der Waals surface area contributed by atoms with Crippen molar-refractivity contribution in [2.45, 2.75) is 12.6 Å². The Kier molecular flexibility index (Phi) is 4.06. The van der Waals surface area contributed by atoms with Gasteiger partial charge >= 0.3 is 6.18 Å². The molecule has 108 valence electrons. The lowest BCUT2D eigenvalue weighted by atomic mass is 10.2. The first-order valence-corrected chi connectivity index (χ1v) is 5.75. The number of alkyl halides is 3. The van der Waals surface area contributed by atoms with E-state index in [1.54, 1.807) is 0 Å². The summed E-state index contributed by atoms with van der Waals surface area (Å²) in [4.78, 5) is 7.80. The van der Waals surface area contributed by atoms with E-state index in [2.05, 4.69) is 25.8 Å². The van der Waals surface area contributed by atoms with Crippen molar-refractivity contribution < 1.29 is 17.7 Å². The third-order valence-electron chi connectivity index (χ3n) is 2.46. The second-order valence-electron chi connectivity index (χ2n) is 3.89. The van der Waals surface area contributed by atoms with Crippen molar-refractivity contribution in [1.82, 2.24) is 15.1 Å². The molecular formula is C11H12F3N5O. The molecule has 2 heterocycles. The van der Waals surface area contributed by atoms with Crippen molar-refractivity contribution in [1.29, 1.82) is 0 Å². The normalized spacial score (nSPS) is 11.4. The van der Waals surface area contributed by atoms with Crippen LogP contribution in [0.15, 0.2) is 23.0 Å². The Morgan fingerprint density at radius 2 is 2.00 bits per heavy atom. The van der Waals surface area contributed by atoms with Crippen LogP contribution in [-0.4, -0.2) is 28.7 Å². The van der Waals surface area contributed by atoms with E-state index < -0.39 is 11.7 Å². The molecule has 2 aromatic rings. The molecule has 0 saturated carbocycles. The van der Waals surface area contributed by atoms with Gasteiger partial charge in [-0.1, -0.05) is 5.16 Å². The van der Waals surface area contributed by atoms with Crippen molar-refractivity contribution in [3.8, 4) is 0 Å². The lowest BCUT2D eigenvalue weighted by molar-refractivity contribution is -0.137. The van der Waals surface area contributed by atoms with Crippen molar-refractivity contribution >= 4 is 11.6 Å². The molecule has 0 bridgehead atoms. The molecule has 0 saturated heterocycles. The third kappa shape index (κ3) is 3.59. The van der Waals surface area contributed by atoms with Crippen LogP contribution in [0.5, 0.6) is 0 Å². The molecule has 0 spiro atoms. The van der Waals surface area contributed by atoms with Gasteiger partial charge in [-0.25, -0.2) is 4.98 Å². The Balaban J connectivity index is 2.06. The summed E-state index contributed by atoms with van der Waals surface area (Å²) in [5.74, 6) is 0.669. The lowest BCUT2D eigenvalue weighted by Gasteiger charge is -2.12. The number of hydrogen-bond acceptors (Lipinski definition) is 6. The van der Waals surface area contributed by atoms with E-state index in [1.807, 2.05) is 0 Å². The number of nitrogens with one attached hydrogen (secondary N) is 2. The second-order valence-corrected chi connectivity index (χ2v) is 3.89. The minimum atomic E-state index is -4.42. The van der Waals surface area contributed by atoms with E-state index in [4.69, 9.17) is 4.52 Å². The number of hydrogen-bond donors (Lipinski definition) is 2. The van der Waals surface area contributed by atoms with Gasteiger partial charge < -0.3 is 15.2 Å². The molecule has 0 atom stereocenters. The summed E-state index contributed by atoms with van der Waals surface area (Å²) >= 11 is 0. The van der Waals surface area contributed by atoms with Crippen molar-refractivity contribution in [3.63, 3.8) is 0 Å². The maximum absolute atomic E-state index is 12.7. The average Bonchev–Trinajstić information content (AvgIpc) is 2.90. The molecule has 0 amide bonds. The van der Waals surface area contributed by atoms with Crippen LogP contribution in [-0.2, 0) is 12.6 Å². The fourth-order valence-corrected chi connectivity index (χ4v) is 1.52. The van der Waals surface area contributed by atoms with E-state index in [0.29, 0.717) is 18.9 Å². The highest BCUT2D eigenvalue weighted by Gasteiger charge is 2.31. The fraction of sp³-hybridized carbons (Fsp3) is 0.364. The standard InChI is InChI=1S/C11H12F3N5O/c1-15-8-4-7(11(12,13)14)5-9(19-8)16-3-2-10-17-6-18-20-10/h4-6H,2-3H2,1H3,(H2,15,16,19). The zero-order chi connectivity index (χ0) is 14.6. The third-order valence-corrected chi connectivity index (χ3v) is 2.46. The number of pyridine rings is 1. The number of rotatable bonds is 5. The molecule has 0 aliphatic rings. The highest BCUT2D eigenvalue weighted by Crippen LogP contribution is 2.31. The van der Waals surface area contributed by atoms with Crippen molar-refractivity contribution in [2.75, 3.05) is 24.2 Å². The van der Waals surface area contributed by atoms with Gasteiger partial charge in [-0.2, -0.15) is 18.2 Å². The molecule has 9 heteroatoms. The second kappa shape index (κ2) is 5.76. The zero-order valence-corrected chi connectivity index (χ0v) is 10.5. The minimum absolute atomic E-state index is 0.128. The van der Waals surface area contributed by atoms with E-state index in [-0.39, 0.29) is 11.6 Å². The molecule has 2 aromatic heterocycles. The first kappa shape index (κ1) is 14.1. The predicted octanol–water partition coefficient (Wildman–Crippen LogP) is 2.18. The molecule has 0 aliphatic heterocycles. The first-order chi connectivity index (χ1) is 9.49. The van der Waals surface area contributed by atoms with Crippen LogP contribution in [0.1, 0.15) is 11.5 Å².